The number of nitrogens with zero attached hydrogens (tertiary/aromatic N) is 3. The van der Waals surface area contributed by atoms with Gasteiger partial charge in [-0.25, -0.2) is 0 Å². The van der Waals surface area contributed by atoms with E-state index in [0.717, 1.165) is 0 Å². The number of hydrogen-bond acceptors (Lipinski definition) is 9. The van der Waals surface area contributed by atoms with Gasteiger partial charge >= 0.3 is 220 Å². The first-order valence-corrected chi connectivity index (χ1v) is 12.2. The molecule has 0 fully saturated rings. The van der Waals surface area contributed by atoms with Crippen LogP contribution in [0.3, 0.4) is 0 Å². The molecule has 12 heteroatoms. The number of H-pyrrole nitrogens is 1. The van der Waals surface area contributed by atoms with Gasteiger partial charge in [0, 0.05) is 0 Å². The van der Waals surface area contributed by atoms with E-state index in [1.54, 1.807) is 37.3 Å². The number of aliphatic hydroxyl groups excluding tert-OH is 2. The van der Waals surface area contributed by atoms with Crippen molar-refractivity contribution in [1.82, 2.24) is 15.1 Å². The summed E-state index contributed by atoms with van der Waals surface area (Å²) >= 11 is 0. The Kier molecular flexibility index (Phi) is 5.80. The molecule has 1 aromatic heterocycles. The number of phenols is 1. The topological polar surface area (TPSA) is 176 Å². The van der Waals surface area contributed by atoms with E-state index in [9.17, 15) is 30.0 Å². The minimum atomic E-state index is -2.23. The van der Waals surface area contributed by atoms with Crippen molar-refractivity contribution in [3.63, 3.8) is 0 Å². The number of aromatic nitrogens is 2. The van der Waals surface area contributed by atoms with Gasteiger partial charge in [-0.1, -0.05) is 0 Å². The molecule has 0 aliphatic heterocycles. The fourth-order valence-corrected chi connectivity index (χ4v) is 6.47. The van der Waals surface area contributed by atoms with E-state index in [4.69, 9.17) is 5.73 Å². The molecular formula is C26H30BN5O6. The van der Waals surface area contributed by atoms with E-state index in [1.165, 1.54) is 0 Å². The van der Waals surface area contributed by atoms with Gasteiger partial charge in [0.1, 0.15) is 0 Å². The van der Waals surface area contributed by atoms with Gasteiger partial charge in [-0.3, -0.25) is 0 Å². The van der Waals surface area contributed by atoms with Gasteiger partial charge in [0.15, 0.2) is 0 Å². The molecule has 38 heavy (non-hydrogen) atoms. The monoisotopic (exact) mass is 519 g/mol. The molecule has 11 nitrogen and oxygen atoms in total. The van der Waals surface area contributed by atoms with Crippen molar-refractivity contribution in [3.05, 3.63) is 52.1 Å². The summed E-state index contributed by atoms with van der Waals surface area (Å²) in [7, 11) is 10.8. The van der Waals surface area contributed by atoms with E-state index < -0.39 is 40.9 Å². The molecule has 4 atom stereocenters. The fraction of sp³-hybridized carbons (Fsp3) is 0.385. The molecular weight excluding hydrogens is 489 g/mol. The molecule has 2 aromatic rings. The molecule has 0 saturated carbocycles. The summed E-state index contributed by atoms with van der Waals surface area (Å²) in [6.45, 7) is 0. The standard InChI is InChI=1S/C26H30BN5O6/c1-31(2)15-9-11(14-5-6-29-30-14)20(33)17-12(15)7-10-8-13-19(32(3)4)22(35)18(25(28)37)23(27)26(13,38)24(36)16(10)21(17)34/h5-6,9-10,13,19,27,33,35-36,38H,7-8H2,1-4H3,(H2,28,37)(H,29,30)/t10-,13-,19-,26+/m0/s1. The number of anilines is 1. The number of allylic oxidation sites excluding steroid dienone is 1. The molecule has 0 bridgehead atoms. The first-order chi connectivity index (χ1) is 17.8. The number of carbonyl (C=O) groups is 2. The zero-order valence-corrected chi connectivity index (χ0v) is 21.6. The number of ketones is 1. The van der Waals surface area contributed by atoms with Crippen LogP contribution in [0.25, 0.3) is 11.3 Å². The van der Waals surface area contributed by atoms with Crippen LogP contribution >= 0.6 is 0 Å². The second-order valence-electron chi connectivity index (χ2n) is 10.6. The Balaban J connectivity index is 1.76. The van der Waals surface area contributed by atoms with Gasteiger partial charge in [-0.2, -0.15) is 0 Å². The van der Waals surface area contributed by atoms with Gasteiger partial charge in [0.2, 0.25) is 0 Å². The van der Waals surface area contributed by atoms with Crippen LogP contribution in [-0.4, -0.2) is 100.0 Å². The van der Waals surface area contributed by atoms with E-state index in [2.05, 4.69) is 17.7 Å². The Hall–Kier alpha value is -3.90. The number of likely N-dealkylation sites (N-methyl/N-ethyl adjacent to an activating group) is 1. The summed E-state index contributed by atoms with van der Waals surface area (Å²) in [5, 5.41) is 52.7. The predicted molar refractivity (Wildman–Crippen MR) is 143 cm³/mol. The number of Topliss-reactive ketones (excluding diaryl/α,β-unsaturated/α-hetero) is 1. The van der Waals surface area contributed by atoms with Crippen LogP contribution < -0.4 is 10.6 Å². The third-order valence-electron chi connectivity index (χ3n) is 8.15. The average Bonchev–Trinajstić information content (AvgIpc) is 3.35. The third kappa shape index (κ3) is 3.29. The molecule has 0 unspecified atom stereocenters. The molecule has 3 aliphatic carbocycles. The zero-order valence-electron chi connectivity index (χ0n) is 21.6. The Morgan fingerprint density at radius 2 is 1.92 bits per heavy atom. The number of benzene rings is 1. The van der Waals surface area contributed by atoms with E-state index >= 15 is 0 Å². The van der Waals surface area contributed by atoms with E-state index in [0.29, 0.717) is 22.5 Å². The first-order valence-electron chi connectivity index (χ1n) is 12.2. The van der Waals surface area contributed by atoms with Crippen LogP contribution in [-0.2, 0) is 11.2 Å². The Bertz CT molecular complexity index is 1460. The number of fused-ring (bicyclic) bond motifs is 3. The summed E-state index contributed by atoms with van der Waals surface area (Å²) in [5.41, 5.74) is 4.71. The summed E-state index contributed by atoms with van der Waals surface area (Å²) < 4.78 is 0. The van der Waals surface area contributed by atoms with E-state index in [-0.39, 0.29) is 46.5 Å². The average molecular weight is 519 g/mol. The van der Waals surface area contributed by atoms with Crippen LogP contribution in [0.5, 0.6) is 5.75 Å². The molecule has 7 N–H and O–H groups in total. The molecule has 0 radical (unpaired) electrons. The number of primary amides is 1. The van der Waals surface area contributed by atoms with Crippen LogP contribution in [0.4, 0.5) is 5.69 Å². The predicted octanol–water partition coefficient (Wildman–Crippen LogP) is 0.0808. The van der Waals surface area contributed by atoms with Crippen molar-refractivity contribution >= 4 is 30.3 Å². The number of carbonyl (C=O) groups excluding carboxylic acids is 2. The number of rotatable bonds is 4. The van der Waals surface area contributed by atoms with Crippen molar-refractivity contribution in [2.24, 2.45) is 17.6 Å². The summed E-state index contributed by atoms with van der Waals surface area (Å²) in [5.74, 6) is -4.27. The second-order valence-corrected chi connectivity index (χ2v) is 10.6. The van der Waals surface area contributed by atoms with Crippen molar-refractivity contribution in [2.45, 2.75) is 24.5 Å². The van der Waals surface area contributed by atoms with Gasteiger partial charge in [-0.05, 0) is 0 Å². The Labute approximate surface area is 219 Å². The van der Waals surface area contributed by atoms with Crippen molar-refractivity contribution < 1.29 is 30.0 Å². The third-order valence-corrected chi connectivity index (χ3v) is 8.15. The van der Waals surface area contributed by atoms with Gasteiger partial charge in [-0.15, -0.1) is 0 Å². The van der Waals surface area contributed by atoms with Crippen LogP contribution in [0, 0.1) is 11.8 Å². The molecule has 3 aliphatic rings. The van der Waals surface area contributed by atoms with Crippen LogP contribution in [0.1, 0.15) is 22.3 Å². The minimum absolute atomic E-state index is 0.0214. The molecule has 0 spiro atoms. The molecule has 198 valence electrons. The Morgan fingerprint density at radius 1 is 1.24 bits per heavy atom. The molecule has 1 amide bonds. The maximum atomic E-state index is 14.1. The SMILES string of the molecule is B=C1C(C(N)=O)=C(O)[C@@H](N(C)C)[C@@H]2C[C@@H]3Cc4c(N(C)C)cc(-c5cc[nH]n5)c(O)c4C(=O)C3=C(O)[C@]12O. The summed E-state index contributed by atoms with van der Waals surface area (Å²) in [6.07, 6.45) is 2.07. The van der Waals surface area contributed by atoms with Crippen LogP contribution in [0.15, 0.2) is 41.0 Å². The molecule has 1 aromatic carbocycles. The number of aromatic amines is 1. The molecule has 1 heterocycles. The van der Waals surface area contributed by atoms with Gasteiger partial charge < -0.3 is 0 Å². The molecule has 5 rings (SSSR count). The number of hydrogen-bond donors (Lipinski definition) is 6. The zero-order chi connectivity index (χ0) is 27.8. The van der Waals surface area contributed by atoms with Crippen molar-refractivity contribution in [1.29, 1.82) is 0 Å². The van der Waals surface area contributed by atoms with E-state index in [1.807, 2.05) is 19.0 Å². The van der Waals surface area contributed by atoms with Gasteiger partial charge in [0.25, 0.3) is 0 Å². The quantitative estimate of drug-likeness (QED) is 0.306. The normalized spacial score (nSPS) is 26.8. The Morgan fingerprint density at radius 3 is 2.47 bits per heavy atom. The molecule has 0 saturated heterocycles. The number of phenolic OH excluding ortho intramolecular Hbond substituents is 1. The second kappa shape index (κ2) is 8.57. The van der Waals surface area contributed by atoms with Crippen molar-refractivity contribution in [2.75, 3.05) is 33.1 Å². The summed E-state index contributed by atoms with van der Waals surface area (Å²) in [6, 6.07) is 2.56. The number of nitrogens with two attached hydrogens (primary N) is 1. The van der Waals surface area contributed by atoms with Crippen molar-refractivity contribution in [3.8, 4) is 17.0 Å². The van der Waals surface area contributed by atoms with Crippen LogP contribution in [0.2, 0.25) is 0 Å². The summed E-state index contributed by atoms with van der Waals surface area (Å²) in [4.78, 5) is 29.8. The number of nitrogens with one attached hydrogen (secondary N) is 1. The number of aromatic hydroxyl groups is 1. The number of aliphatic hydroxyl groups is 3. The van der Waals surface area contributed by atoms with Gasteiger partial charge in [0.05, 0.1) is 0 Å². The first kappa shape index (κ1) is 25.7. The fourth-order valence-electron chi connectivity index (χ4n) is 6.47. The number of amides is 1. The maximum absolute atomic E-state index is 14.1.